The molecule has 1 N–H and O–H groups in total. The third-order valence-corrected chi connectivity index (χ3v) is 1.80. The summed E-state index contributed by atoms with van der Waals surface area (Å²) in [4.78, 5) is 0. The first-order valence-electron chi connectivity index (χ1n) is 3.80. The van der Waals surface area contributed by atoms with Crippen LogP contribution in [0.5, 0.6) is 0 Å². The van der Waals surface area contributed by atoms with Crippen molar-refractivity contribution in [1.82, 2.24) is 5.32 Å². The second-order valence-electron chi connectivity index (χ2n) is 3.69. The van der Waals surface area contributed by atoms with Crippen molar-refractivity contribution in [3.8, 4) is 0 Å². The maximum absolute atomic E-state index is 3.09. The Morgan fingerprint density at radius 3 is 2.20 bits per heavy atom. The van der Waals surface area contributed by atoms with Gasteiger partial charge in [-0.15, -0.1) is 0 Å². The van der Waals surface area contributed by atoms with E-state index < -0.39 is 0 Å². The van der Waals surface area contributed by atoms with E-state index in [1.54, 1.807) is 0 Å². The van der Waals surface area contributed by atoms with Crippen LogP contribution >= 0.6 is 0 Å². The first-order chi connectivity index (χ1) is 4.48. The molecule has 0 aliphatic carbocycles. The molecule has 0 fully saturated rings. The van der Waals surface area contributed by atoms with E-state index in [1.807, 2.05) is 7.05 Å². The van der Waals surface area contributed by atoms with Gasteiger partial charge in [0.1, 0.15) is 0 Å². The fourth-order valence-corrected chi connectivity index (χ4v) is 0.561. The van der Waals surface area contributed by atoms with Crippen LogP contribution in [0.1, 0.15) is 27.7 Å². The first kappa shape index (κ1) is 9.70. The Balaban J connectivity index is 3.93. The maximum Gasteiger partial charge on any atom is 0.0134 e. The summed E-state index contributed by atoms with van der Waals surface area (Å²) in [7, 11) is 1.96. The molecule has 0 saturated heterocycles. The molecule has 0 aliphatic rings. The van der Waals surface area contributed by atoms with Gasteiger partial charge in [0.15, 0.2) is 0 Å². The van der Waals surface area contributed by atoms with E-state index in [-0.39, 0.29) is 0 Å². The lowest BCUT2D eigenvalue weighted by atomic mass is 9.87. The van der Waals surface area contributed by atoms with Gasteiger partial charge in [0.05, 0.1) is 0 Å². The molecule has 0 aromatic carbocycles. The zero-order valence-electron chi connectivity index (χ0n) is 7.78. The highest BCUT2D eigenvalue weighted by molar-refractivity contribution is 5.07. The van der Waals surface area contributed by atoms with Crippen LogP contribution in [-0.4, -0.2) is 13.6 Å². The molecule has 0 atom stereocenters. The molecule has 1 nitrogen and oxygen atoms in total. The summed E-state index contributed by atoms with van der Waals surface area (Å²) in [6, 6.07) is 0. The Bertz CT molecular complexity index is 117. The molecular formula is C9H19N. The van der Waals surface area contributed by atoms with Crippen LogP contribution in [0.25, 0.3) is 0 Å². The van der Waals surface area contributed by atoms with Gasteiger partial charge in [-0.3, -0.25) is 0 Å². The van der Waals surface area contributed by atoms with E-state index in [9.17, 15) is 0 Å². The fraction of sp³-hybridized carbons (Fsp3) is 0.778. The molecule has 0 heterocycles. The molecular weight excluding hydrogens is 122 g/mol. The normalized spacial score (nSPS) is 13.9. The molecule has 0 radical (unpaired) electrons. The largest absolute Gasteiger partial charge is 0.316 e. The summed E-state index contributed by atoms with van der Waals surface area (Å²) in [6.45, 7) is 9.85. The van der Waals surface area contributed by atoms with Crippen molar-refractivity contribution in [2.75, 3.05) is 13.6 Å². The van der Waals surface area contributed by atoms with E-state index in [0.717, 1.165) is 6.54 Å². The van der Waals surface area contributed by atoms with Gasteiger partial charge in [-0.25, -0.2) is 0 Å². The van der Waals surface area contributed by atoms with Gasteiger partial charge < -0.3 is 5.32 Å². The van der Waals surface area contributed by atoms with Crippen molar-refractivity contribution in [2.24, 2.45) is 5.41 Å². The van der Waals surface area contributed by atoms with Gasteiger partial charge in [0.25, 0.3) is 0 Å². The Kier molecular flexibility index (Phi) is 3.66. The van der Waals surface area contributed by atoms with Crippen LogP contribution in [0.3, 0.4) is 0 Å². The van der Waals surface area contributed by atoms with E-state index in [1.165, 1.54) is 5.57 Å². The summed E-state index contributed by atoms with van der Waals surface area (Å²) in [6.07, 6.45) is 2.24. The molecule has 0 bridgehead atoms. The Morgan fingerprint density at radius 1 is 1.40 bits per heavy atom. The summed E-state index contributed by atoms with van der Waals surface area (Å²) in [5.74, 6) is 0. The van der Waals surface area contributed by atoms with Crippen LogP contribution in [0.15, 0.2) is 11.6 Å². The minimum atomic E-state index is 0.330. The molecule has 0 rings (SSSR count). The second-order valence-corrected chi connectivity index (χ2v) is 3.69. The van der Waals surface area contributed by atoms with Crippen molar-refractivity contribution in [1.29, 1.82) is 0 Å². The predicted octanol–water partition coefficient (Wildman–Crippen LogP) is 2.20. The minimum Gasteiger partial charge on any atom is -0.316 e. The molecule has 60 valence electrons. The Labute approximate surface area is 64.5 Å². The predicted molar refractivity (Wildman–Crippen MR) is 47.1 cm³/mol. The van der Waals surface area contributed by atoms with Crippen molar-refractivity contribution in [2.45, 2.75) is 27.7 Å². The number of allylic oxidation sites excluding steroid dienone is 1. The van der Waals surface area contributed by atoms with Gasteiger partial charge in [0.2, 0.25) is 0 Å². The fourth-order valence-electron chi connectivity index (χ4n) is 0.561. The number of hydrogen-bond acceptors (Lipinski definition) is 1. The van der Waals surface area contributed by atoms with Crippen LogP contribution in [0.2, 0.25) is 0 Å². The SMILES string of the molecule is CNC/C=C(\C)C(C)(C)C. The average molecular weight is 141 g/mol. The monoisotopic (exact) mass is 141 g/mol. The zero-order chi connectivity index (χ0) is 8.20. The van der Waals surface area contributed by atoms with Gasteiger partial charge in [-0.2, -0.15) is 0 Å². The molecule has 0 amide bonds. The number of likely N-dealkylation sites (N-methyl/N-ethyl adjacent to an activating group) is 1. The maximum atomic E-state index is 3.09. The molecule has 0 spiro atoms. The van der Waals surface area contributed by atoms with E-state index in [2.05, 4.69) is 39.1 Å². The summed E-state index contributed by atoms with van der Waals surface area (Å²) < 4.78 is 0. The third kappa shape index (κ3) is 3.67. The van der Waals surface area contributed by atoms with Gasteiger partial charge in [-0.05, 0) is 19.4 Å². The Hall–Kier alpha value is -0.300. The highest BCUT2D eigenvalue weighted by Gasteiger charge is 2.10. The third-order valence-electron chi connectivity index (χ3n) is 1.80. The topological polar surface area (TPSA) is 12.0 Å². The minimum absolute atomic E-state index is 0.330. The van der Waals surface area contributed by atoms with Gasteiger partial charge in [0, 0.05) is 6.54 Å². The van der Waals surface area contributed by atoms with E-state index >= 15 is 0 Å². The van der Waals surface area contributed by atoms with Gasteiger partial charge in [-0.1, -0.05) is 32.4 Å². The van der Waals surface area contributed by atoms with Crippen molar-refractivity contribution in [3.05, 3.63) is 11.6 Å². The molecule has 0 aliphatic heterocycles. The summed E-state index contributed by atoms with van der Waals surface area (Å²) in [5, 5.41) is 3.09. The van der Waals surface area contributed by atoms with Crippen LogP contribution in [0, 0.1) is 5.41 Å². The Morgan fingerprint density at radius 2 is 1.90 bits per heavy atom. The number of rotatable bonds is 2. The molecule has 0 aromatic rings. The number of nitrogens with one attached hydrogen (secondary N) is 1. The smallest absolute Gasteiger partial charge is 0.0134 e. The first-order valence-corrected chi connectivity index (χ1v) is 3.80. The zero-order valence-corrected chi connectivity index (χ0v) is 7.78. The van der Waals surface area contributed by atoms with Crippen molar-refractivity contribution >= 4 is 0 Å². The average Bonchev–Trinajstić information content (AvgIpc) is 1.80. The highest BCUT2D eigenvalue weighted by atomic mass is 14.8. The summed E-state index contributed by atoms with van der Waals surface area (Å²) >= 11 is 0. The molecule has 0 aromatic heterocycles. The summed E-state index contributed by atoms with van der Waals surface area (Å²) in [5.41, 5.74) is 1.78. The second kappa shape index (κ2) is 3.77. The van der Waals surface area contributed by atoms with E-state index in [0.29, 0.717) is 5.41 Å². The lowest BCUT2D eigenvalue weighted by molar-refractivity contribution is 0.501. The van der Waals surface area contributed by atoms with Crippen LogP contribution in [-0.2, 0) is 0 Å². The lowest BCUT2D eigenvalue weighted by Crippen LogP contribution is -2.11. The lowest BCUT2D eigenvalue weighted by Gasteiger charge is -2.19. The van der Waals surface area contributed by atoms with E-state index in [4.69, 9.17) is 0 Å². The quantitative estimate of drug-likeness (QED) is 0.581. The van der Waals surface area contributed by atoms with Gasteiger partial charge >= 0.3 is 0 Å². The molecule has 1 heteroatoms. The molecule has 0 unspecified atom stereocenters. The molecule has 10 heavy (non-hydrogen) atoms. The highest BCUT2D eigenvalue weighted by Crippen LogP contribution is 2.23. The molecule has 0 saturated carbocycles. The number of hydrogen-bond donors (Lipinski definition) is 1. The van der Waals surface area contributed by atoms with Crippen LogP contribution < -0.4 is 5.32 Å². The van der Waals surface area contributed by atoms with Crippen LogP contribution in [0.4, 0.5) is 0 Å². The van der Waals surface area contributed by atoms with Crippen molar-refractivity contribution in [3.63, 3.8) is 0 Å². The standard InChI is InChI=1S/C9H19N/c1-8(6-7-10-5)9(2,3)4/h6,10H,7H2,1-5H3/b8-6+. The van der Waals surface area contributed by atoms with Crippen molar-refractivity contribution < 1.29 is 0 Å².